The van der Waals surface area contributed by atoms with Crippen molar-refractivity contribution >= 4 is 17.3 Å². The number of aromatic nitrogens is 1. The SMILES string of the molecule is Cc1ccc(F)c(-c2nc(C3CC3)c(C(=O)O)s2)c1. The molecule has 0 atom stereocenters. The lowest BCUT2D eigenvalue weighted by molar-refractivity contribution is 0.0700. The molecule has 1 N–H and O–H groups in total. The molecule has 1 saturated carbocycles. The number of aryl methyl sites for hydroxylation is 1. The van der Waals surface area contributed by atoms with E-state index in [2.05, 4.69) is 4.98 Å². The first kappa shape index (κ1) is 12.3. The molecule has 0 unspecified atom stereocenters. The summed E-state index contributed by atoms with van der Waals surface area (Å²) in [6.07, 6.45) is 1.94. The van der Waals surface area contributed by atoms with Crippen LogP contribution in [0.2, 0.25) is 0 Å². The average molecular weight is 277 g/mol. The van der Waals surface area contributed by atoms with Gasteiger partial charge in [0.1, 0.15) is 15.7 Å². The maximum Gasteiger partial charge on any atom is 0.347 e. The lowest BCUT2D eigenvalue weighted by atomic mass is 10.1. The van der Waals surface area contributed by atoms with Gasteiger partial charge in [0, 0.05) is 11.5 Å². The number of nitrogens with zero attached hydrogens (tertiary/aromatic N) is 1. The molecule has 0 amide bonds. The van der Waals surface area contributed by atoms with Crippen molar-refractivity contribution in [2.45, 2.75) is 25.7 Å². The highest BCUT2D eigenvalue weighted by molar-refractivity contribution is 7.17. The van der Waals surface area contributed by atoms with Crippen molar-refractivity contribution in [1.29, 1.82) is 0 Å². The molecule has 5 heteroatoms. The fraction of sp³-hybridized carbons (Fsp3) is 0.286. The van der Waals surface area contributed by atoms with Crippen molar-refractivity contribution in [3.63, 3.8) is 0 Å². The minimum atomic E-state index is -0.973. The molecule has 1 aliphatic carbocycles. The molecule has 2 aromatic rings. The number of hydrogen-bond donors (Lipinski definition) is 1. The van der Waals surface area contributed by atoms with Crippen LogP contribution in [0.3, 0.4) is 0 Å². The maximum atomic E-state index is 13.8. The van der Waals surface area contributed by atoms with Crippen LogP contribution in [0.4, 0.5) is 4.39 Å². The minimum absolute atomic E-state index is 0.240. The van der Waals surface area contributed by atoms with E-state index in [9.17, 15) is 14.3 Å². The molecule has 3 nitrogen and oxygen atoms in total. The number of rotatable bonds is 3. The van der Waals surface area contributed by atoms with Crippen molar-refractivity contribution < 1.29 is 14.3 Å². The highest BCUT2D eigenvalue weighted by atomic mass is 32.1. The van der Waals surface area contributed by atoms with Crippen LogP contribution < -0.4 is 0 Å². The number of hydrogen-bond acceptors (Lipinski definition) is 3. The van der Waals surface area contributed by atoms with Crippen molar-refractivity contribution in [3.05, 3.63) is 40.2 Å². The molecule has 1 aliphatic rings. The van der Waals surface area contributed by atoms with Gasteiger partial charge in [0.05, 0.1) is 5.69 Å². The summed E-state index contributed by atoms with van der Waals surface area (Å²) in [5, 5.41) is 9.66. The summed E-state index contributed by atoms with van der Waals surface area (Å²) in [4.78, 5) is 15.8. The van der Waals surface area contributed by atoms with Crippen LogP contribution in [0.5, 0.6) is 0 Å². The van der Waals surface area contributed by atoms with E-state index >= 15 is 0 Å². The predicted molar refractivity (Wildman–Crippen MR) is 71.2 cm³/mol. The molecule has 1 aromatic heterocycles. The van der Waals surface area contributed by atoms with E-state index in [1.54, 1.807) is 12.1 Å². The number of aromatic carboxylic acids is 1. The summed E-state index contributed by atoms with van der Waals surface area (Å²) >= 11 is 1.06. The van der Waals surface area contributed by atoms with Crippen LogP contribution >= 0.6 is 11.3 Å². The fourth-order valence-corrected chi connectivity index (χ4v) is 3.04. The average Bonchev–Trinajstić information content (AvgIpc) is 3.11. The normalized spacial score (nSPS) is 14.6. The number of halogens is 1. The minimum Gasteiger partial charge on any atom is -0.477 e. The van der Waals surface area contributed by atoms with Crippen LogP contribution in [0.15, 0.2) is 18.2 Å². The number of carboxylic acid groups (broad SMARTS) is 1. The lowest BCUT2D eigenvalue weighted by Crippen LogP contribution is -1.97. The molecular weight excluding hydrogens is 265 g/mol. The second kappa shape index (κ2) is 4.42. The van der Waals surface area contributed by atoms with Gasteiger partial charge in [-0.05, 0) is 31.9 Å². The molecule has 19 heavy (non-hydrogen) atoms. The van der Waals surface area contributed by atoms with E-state index < -0.39 is 5.97 Å². The van der Waals surface area contributed by atoms with Gasteiger partial charge in [-0.15, -0.1) is 11.3 Å². The van der Waals surface area contributed by atoms with Crippen molar-refractivity contribution in [2.75, 3.05) is 0 Å². The molecule has 1 heterocycles. The monoisotopic (exact) mass is 277 g/mol. The number of thiazole rings is 1. The Balaban J connectivity index is 2.12. The largest absolute Gasteiger partial charge is 0.477 e. The van der Waals surface area contributed by atoms with Gasteiger partial charge < -0.3 is 5.11 Å². The number of carboxylic acids is 1. The Morgan fingerprint density at radius 3 is 2.84 bits per heavy atom. The molecule has 3 rings (SSSR count). The quantitative estimate of drug-likeness (QED) is 0.927. The Labute approximate surface area is 113 Å². The summed E-state index contributed by atoms with van der Waals surface area (Å²) in [6.45, 7) is 1.87. The van der Waals surface area contributed by atoms with Gasteiger partial charge in [-0.3, -0.25) is 0 Å². The zero-order chi connectivity index (χ0) is 13.6. The van der Waals surface area contributed by atoms with E-state index in [-0.39, 0.29) is 16.6 Å². The Kier molecular flexibility index (Phi) is 2.86. The van der Waals surface area contributed by atoms with Gasteiger partial charge in [-0.1, -0.05) is 11.6 Å². The molecule has 0 saturated heterocycles. The zero-order valence-corrected chi connectivity index (χ0v) is 11.1. The summed E-state index contributed by atoms with van der Waals surface area (Å²) in [6, 6.07) is 4.78. The van der Waals surface area contributed by atoms with Crippen LogP contribution in [0, 0.1) is 12.7 Å². The van der Waals surface area contributed by atoms with E-state index in [0.29, 0.717) is 16.3 Å². The van der Waals surface area contributed by atoms with Crippen molar-refractivity contribution in [2.24, 2.45) is 0 Å². The summed E-state index contributed by atoms with van der Waals surface area (Å²) in [7, 11) is 0. The molecule has 98 valence electrons. The first-order valence-electron chi connectivity index (χ1n) is 6.07. The second-order valence-electron chi connectivity index (χ2n) is 4.80. The third kappa shape index (κ3) is 2.26. The number of carbonyl (C=O) groups is 1. The first-order chi connectivity index (χ1) is 9.06. The molecular formula is C14H12FNO2S. The molecule has 1 aromatic carbocycles. The highest BCUT2D eigenvalue weighted by Gasteiger charge is 2.32. The van der Waals surface area contributed by atoms with E-state index in [0.717, 1.165) is 29.7 Å². The maximum absolute atomic E-state index is 13.8. The topological polar surface area (TPSA) is 50.2 Å². The summed E-state index contributed by atoms with van der Waals surface area (Å²) in [5.41, 5.74) is 1.93. The van der Waals surface area contributed by atoms with E-state index in [1.165, 1.54) is 6.07 Å². The Bertz CT molecular complexity index is 661. The first-order valence-corrected chi connectivity index (χ1v) is 6.88. The molecule has 0 aliphatic heterocycles. The summed E-state index contributed by atoms with van der Waals surface area (Å²) in [5.74, 6) is -1.10. The van der Waals surface area contributed by atoms with Gasteiger partial charge in [0.25, 0.3) is 0 Å². The highest BCUT2D eigenvalue weighted by Crippen LogP contribution is 2.44. The molecule has 0 radical (unpaired) electrons. The van der Waals surface area contributed by atoms with Crippen LogP contribution in [0.25, 0.3) is 10.6 Å². The molecule has 0 bridgehead atoms. The molecule has 0 spiro atoms. The van der Waals surface area contributed by atoms with E-state index in [4.69, 9.17) is 0 Å². The van der Waals surface area contributed by atoms with Gasteiger partial charge in [-0.25, -0.2) is 14.2 Å². The second-order valence-corrected chi connectivity index (χ2v) is 5.80. The van der Waals surface area contributed by atoms with E-state index in [1.807, 2.05) is 6.92 Å². The Hall–Kier alpha value is -1.75. The smallest absolute Gasteiger partial charge is 0.347 e. The van der Waals surface area contributed by atoms with Crippen LogP contribution in [0.1, 0.15) is 39.7 Å². The van der Waals surface area contributed by atoms with Crippen molar-refractivity contribution in [3.8, 4) is 10.6 Å². The standard InChI is InChI=1S/C14H12FNO2S/c1-7-2-5-10(15)9(6-7)13-16-11(8-3-4-8)12(19-13)14(17)18/h2,5-6,8H,3-4H2,1H3,(H,17,18). The van der Waals surface area contributed by atoms with Crippen molar-refractivity contribution in [1.82, 2.24) is 4.98 Å². The zero-order valence-electron chi connectivity index (χ0n) is 10.3. The lowest BCUT2D eigenvalue weighted by Gasteiger charge is -2.00. The van der Waals surface area contributed by atoms with Gasteiger partial charge in [0.2, 0.25) is 0 Å². The fourth-order valence-electron chi connectivity index (χ4n) is 2.04. The molecule has 1 fully saturated rings. The third-order valence-corrected chi connectivity index (χ3v) is 4.26. The van der Waals surface area contributed by atoms with Gasteiger partial charge in [-0.2, -0.15) is 0 Å². The Morgan fingerprint density at radius 1 is 1.47 bits per heavy atom. The van der Waals surface area contributed by atoms with Crippen LogP contribution in [-0.4, -0.2) is 16.1 Å². The third-order valence-electron chi connectivity index (χ3n) is 3.16. The van der Waals surface area contributed by atoms with Gasteiger partial charge >= 0.3 is 5.97 Å². The Morgan fingerprint density at radius 2 is 2.21 bits per heavy atom. The van der Waals surface area contributed by atoms with Gasteiger partial charge in [0.15, 0.2) is 0 Å². The number of benzene rings is 1. The summed E-state index contributed by atoms with van der Waals surface area (Å²) < 4.78 is 13.8. The van der Waals surface area contributed by atoms with Crippen LogP contribution in [-0.2, 0) is 0 Å². The predicted octanol–water partition coefficient (Wildman–Crippen LogP) is 3.83.